The molecule has 0 N–H and O–H groups in total. The number of nitriles is 1. The minimum Gasteiger partial charge on any atom is -0.309 e. The topological polar surface area (TPSA) is 41.6 Å². The summed E-state index contributed by atoms with van der Waals surface area (Å²) in [7, 11) is 0. The van der Waals surface area contributed by atoms with Crippen molar-refractivity contribution in [3.05, 3.63) is 182 Å². The Balaban J connectivity index is 1.16. The van der Waals surface area contributed by atoms with Crippen molar-refractivity contribution in [1.29, 1.82) is 5.26 Å². The number of benzene rings is 9. The van der Waals surface area contributed by atoms with Gasteiger partial charge in [0.1, 0.15) is 0 Å². The normalized spacial score (nSPS) is 11.8. The van der Waals surface area contributed by atoms with Gasteiger partial charge in [-0.2, -0.15) is 5.26 Å². The van der Waals surface area contributed by atoms with E-state index in [9.17, 15) is 5.26 Å². The maximum absolute atomic E-state index is 10.1. The zero-order chi connectivity index (χ0) is 35.0. The Morgan fingerprint density at radius 1 is 0.434 bits per heavy atom. The summed E-state index contributed by atoms with van der Waals surface area (Å²) in [6, 6.07) is 61.3. The lowest BCUT2D eigenvalue weighted by atomic mass is 9.87. The Labute approximate surface area is 305 Å². The van der Waals surface area contributed by atoms with E-state index in [4.69, 9.17) is 0 Å². The summed E-state index contributed by atoms with van der Waals surface area (Å²) in [4.78, 5) is 4.40. The van der Waals surface area contributed by atoms with Crippen LogP contribution in [0.25, 0.3) is 104 Å². The van der Waals surface area contributed by atoms with Gasteiger partial charge >= 0.3 is 0 Å². The molecule has 0 fully saturated rings. The molecule has 0 saturated carbocycles. The van der Waals surface area contributed by atoms with Gasteiger partial charge in [-0.3, -0.25) is 4.98 Å². The van der Waals surface area contributed by atoms with E-state index >= 15 is 0 Å². The van der Waals surface area contributed by atoms with Crippen molar-refractivity contribution >= 4 is 64.9 Å². The second kappa shape index (κ2) is 11.4. The molecule has 11 aromatic rings. The highest BCUT2D eigenvalue weighted by Crippen LogP contribution is 2.46. The lowest BCUT2D eigenvalue weighted by molar-refractivity contribution is 1.20. The van der Waals surface area contributed by atoms with Gasteiger partial charge in [-0.25, -0.2) is 0 Å². The third-order valence-electron chi connectivity index (χ3n) is 11.1. The Kier molecular flexibility index (Phi) is 6.32. The third kappa shape index (κ3) is 4.30. The van der Waals surface area contributed by atoms with Crippen LogP contribution in [0.5, 0.6) is 0 Å². The van der Waals surface area contributed by atoms with Crippen LogP contribution in [0.1, 0.15) is 5.56 Å². The van der Waals surface area contributed by atoms with Gasteiger partial charge in [0.05, 0.1) is 28.4 Å². The monoisotopic (exact) mass is 671 g/mol. The van der Waals surface area contributed by atoms with Crippen LogP contribution in [0.4, 0.5) is 0 Å². The third-order valence-corrected chi connectivity index (χ3v) is 11.1. The molecule has 0 atom stereocenters. The van der Waals surface area contributed by atoms with E-state index in [0.29, 0.717) is 5.56 Å². The zero-order valence-electron chi connectivity index (χ0n) is 28.6. The zero-order valence-corrected chi connectivity index (χ0v) is 28.6. The summed E-state index contributed by atoms with van der Waals surface area (Å²) in [5.41, 5.74) is 11.1. The molecule has 53 heavy (non-hydrogen) atoms. The minimum absolute atomic E-state index is 0.660. The molecule has 0 aliphatic rings. The predicted molar refractivity (Wildman–Crippen MR) is 221 cm³/mol. The van der Waals surface area contributed by atoms with Crippen molar-refractivity contribution in [3.63, 3.8) is 0 Å². The Bertz CT molecular complexity index is 3290. The van der Waals surface area contributed by atoms with Crippen LogP contribution in [-0.2, 0) is 0 Å². The molecule has 0 aliphatic heterocycles. The fraction of sp³-hybridized carbons (Fsp3) is 0. The number of pyridine rings is 1. The van der Waals surface area contributed by atoms with Gasteiger partial charge in [-0.1, -0.05) is 133 Å². The van der Waals surface area contributed by atoms with Crippen molar-refractivity contribution in [2.24, 2.45) is 0 Å². The molecule has 0 bridgehead atoms. The van der Waals surface area contributed by atoms with Crippen LogP contribution in [0.3, 0.4) is 0 Å². The van der Waals surface area contributed by atoms with E-state index in [1.54, 1.807) is 0 Å². The van der Waals surface area contributed by atoms with Crippen molar-refractivity contribution in [1.82, 2.24) is 9.55 Å². The smallest absolute Gasteiger partial charge is 0.0992 e. The van der Waals surface area contributed by atoms with E-state index in [-0.39, 0.29) is 0 Å². The number of nitrogens with zero attached hydrogens (tertiary/aromatic N) is 3. The fourth-order valence-corrected chi connectivity index (χ4v) is 8.80. The van der Waals surface area contributed by atoms with Crippen molar-refractivity contribution in [3.8, 4) is 45.1 Å². The van der Waals surface area contributed by atoms with E-state index in [1.165, 1.54) is 76.3 Å². The van der Waals surface area contributed by atoms with Crippen LogP contribution in [-0.4, -0.2) is 9.55 Å². The van der Waals surface area contributed by atoms with Crippen LogP contribution >= 0.6 is 0 Å². The minimum atomic E-state index is 0.660. The van der Waals surface area contributed by atoms with Crippen LogP contribution in [0, 0.1) is 11.3 Å². The molecule has 0 spiro atoms. The van der Waals surface area contributed by atoms with Crippen LogP contribution in [0.2, 0.25) is 0 Å². The molecular weight excluding hydrogens is 643 g/mol. The van der Waals surface area contributed by atoms with Gasteiger partial charge in [0.2, 0.25) is 0 Å². The van der Waals surface area contributed by atoms with Crippen molar-refractivity contribution in [2.45, 2.75) is 0 Å². The number of fused-ring (bicyclic) bond motifs is 3. The average molecular weight is 672 g/mol. The first-order valence-corrected chi connectivity index (χ1v) is 17.9. The summed E-state index contributed by atoms with van der Waals surface area (Å²) in [6.07, 6.45) is 3.76. The molecule has 2 heterocycles. The van der Waals surface area contributed by atoms with E-state index in [0.717, 1.165) is 27.7 Å². The molecule has 0 amide bonds. The molecule has 9 aromatic carbocycles. The van der Waals surface area contributed by atoms with E-state index < -0.39 is 0 Å². The molecule has 3 nitrogen and oxygen atoms in total. The highest BCUT2D eigenvalue weighted by atomic mass is 15.0. The summed E-state index contributed by atoms with van der Waals surface area (Å²) >= 11 is 0. The molecule has 0 unspecified atom stereocenters. The number of rotatable bonds is 4. The maximum atomic E-state index is 10.1. The molecule has 3 heteroatoms. The van der Waals surface area contributed by atoms with Gasteiger partial charge in [0.15, 0.2) is 0 Å². The van der Waals surface area contributed by atoms with E-state index in [1.807, 2.05) is 24.5 Å². The SMILES string of the molecule is N#Cc1cc2ccc3c(-c4ccc(-c5ccc(-c6cccnc6)c6ccccc56)c5ccccc45)ccc4c3c2c(c1)n4-c1cccc2ccccc12. The first kappa shape index (κ1) is 29.5. The quantitative estimate of drug-likeness (QED) is 0.175. The molecule has 0 radical (unpaired) electrons. The molecular formula is C50H29N3. The van der Waals surface area contributed by atoms with Crippen LogP contribution in [0.15, 0.2) is 176 Å². The second-order valence-corrected chi connectivity index (χ2v) is 13.8. The van der Waals surface area contributed by atoms with Crippen molar-refractivity contribution < 1.29 is 0 Å². The number of hydrogen-bond acceptors (Lipinski definition) is 2. The molecule has 244 valence electrons. The van der Waals surface area contributed by atoms with Gasteiger partial charge in [-0.15, -0.1) is 0 Å². The summed E-state index contributed by atoms with van der Waals surface area (Å²) in [6.45, 7) is 0. The lowest BCUT2D eigenvalue weighted by Crippen LogP contribution is -1.95. The number of hydrogen-bond donors (Lipinski definition) is 0. The highest BCUT2D eigenvalue weighted by Gasteiger charge is 2.22. The van der Waals surface area contributed by atoms with Gasteiger partial charge in [0, 0.05) is 34.1 Å². The fourth-order valence-electron chi connectivity index (χ4n) is 8.80. The highest BCUT2D eigenvalue weighted by molar-refractivity contribution is 6.28. The number of aromatic nitrogens is 2. The molecule has 0 aliphatic carbocycles. The lowest BCUT2D eigenvalue weighted by Gasteiger charge is -2.17. The van der Waals surface area contributed by atoms with Gasteiger partial charge < -0.3 is 4.57 Å². The Hall–Kier alpha value is -7.28. The van der Waals surface area contributed by atoms with Gasteiger partial charge in [-0.05, 0) is 95.9 Å². The molecule has 2 aromatic heterocycles. The first-order chi connectivity index (χ1) is 26.3. The Morgan fingerprint density at radius 2 is 1.04 bits per heavy atom. The predicted octanol–water partition coefficient (Wildman–Crippen LogP) is 13.1. The Morgan fingerprint density at radius 3 is 1.72 bits per heavy atom. The largest absolute Gasteiger partial charge is 0.309 e. The summed E-state index contributed by atoms with van der Waals surface area (Å²) in [5, 5.41) is 22.0. The summed E-state index contributed by atoms with van der Waals surface area (Å²) < 4.78 is 2.36. The second-order valence-electron chi connectivity index (χ2n) is 13.8. The maximum Gasteiger partial charge on any atom is 0.0992 e. The first-order valence-electron chi connectivity index (χ1n) is 17.9. The standard InChI is InChI=1S/C50H29N3/c51-29-31-27-33-18-19-45-44(24-25-47-50(45)49(33)48(28-31)53(47)46-17-7-10-32-9-1-2-12-36(32)46)43-23-22-42(39-15-5-6-16-40(39)43)41-21-20-35(34-11-8-26-52-30-34)37-13-3-4-14-38(37)41/h1-28,30H. The summed E-state index contributed by atoms with van der Waals surface area (Å²) in [5.74, 6) is 0. The molecule has 11 rings (SSSR count). The van der Waals surface area contributed by atoms with E-state index in [2.05, 4.69) is 167 Å². The van der Waals surface area contributed by atoms with Crippen LogP contribution < -0.4 is 0 Å². The molecule has 0 saturated heterocycles. The van der Waals surface area contributed by atoms with Crippen molar-refractivity contribution in [2.75, 3.05) is 0 Å². The van der Waals surface area contributed by atoms with Gasteiger partial charge in [0.25, 0.3) is 0 Å². The average Bonchev–Trinajstić information content (AvgIpc) is 3.56.